The number of carbonyl (C=O) groups is 2. The van der Waals surface area contributed by atoms with E-state index in [0.717, 1.165) is 30.6 Å². The normalized spacial score (nSPS) is 13.1. The minimum Gasteiger partial charge on any atom is -0.385 e. The van der Waals surface area contributed by atoms with Crippen LogP contribution in [0, 0.1) is 0 Å². The van der Waals surface area contributed by atoms with Crippen LogP contribution in [0.3, 0.4) is 0 Å². The van der Waals surface area contributed by atoms with Gasteiger partial charge in [0.25, 0.3) is 5.91 Å². The van der Waals surface area contributed by atoms with Crippen molar-refractivity contribution in [2.45, 2.75) is 12.8 Å². The molecule has 1 aliphatic heterocycles. The molecule has 6 heteroatoms. The second-order valence-corrected chi connectivity index (χ2v) is 4.41. The lowest BCUT2D eigenvalue weighted by molar-refractivity contribution is 0.0953. The maximum absolute atomic E-state index is 12.1. The van der Waals surface area contributed by atoms with E-state index in [0.29, 0.717) is 18.7 Å². The third-order valence-corrected chi connectivity index (χ3v) is 3.05. The van der Waals surface area contributed by atoms with E-state index < -0.39 is 6.03 Å². The molecule has 6 nitrogen and oxygen atoms in total. The lowest BCUT2D eigenvalue weighted by Gasteiger charge is -2.20. The van der Waals surface area contributed by atoms with Gasteiger partial charge in [0.2, 0.25) is 0 Å². The van der Waals surface area contributed by atoms with Gasteiger partial charge in [0.1, 0.15) is 0 Å². The van der Waals surface area contributed by atoms with Crippen molar-refractivity contribution >= 4 is 17.6 Å². The first-order valence-electron chi connectivity index (χ1n) is 6.36. The predicted molar refractivity (Wildman–Crippen MR) is 73.2 cm³/mol. The lowest BCUT2D eigenvalue weighted by atomic mass is 9.97. The fourth-order valence-corrected chi connectivity index (χ4v) is 2.18. The molecule has 1 aromatic rings. The number of hydrogen-bond donors (Lipinski definition) is 4. The molecule has 3 amide bonds. The van der Waals surface area contributed by atoms with Crippen molar-refractivity contribution in [2.24, 2.45) is 5.73 Å². The molecule has 0 spiro atoms. The summed E-state index contributed by atoms with van der Waals surface area (Å²) in [5.74, 6) is -0.119. The van der Waals surface area contributed by atoms with Crippen LogP contribution in [0.15, 0.2) is 18.2 Å². The minimum absolute atomic E-state index is 0.119. The number of primary amides is 1. The zero-order chi connectivity index (χ0) is 13.7. The molecule has 19 heavy (non-hydrogen) atoms. The zero-order valence-electron chi connectivity index (χ0n) is 10.7. The summed E-state index contributed by atoms with van der Waals surface area (Å²) in [6.45, 7) is 1.63. The molecule has 0 aromatic heterocycles. The standard InChI is InChI=1S/C13H18N4O2/c14-13(19)17-8-7-16-12(18)10-3-1-5-11-9(10)4-2-6-15-11/h1,3,5,15H,2,4,6-8H2,(H,16,18)(H3,14,17,19). The van der Waals surface area contributed by atoms with Gasteiger partial charge in [-0.15, -0.1) is 0 Å². The monoisotopic (exact) mass is 262 g/mol. The second kappa shape index (κ2) is 6.08. The van der Waals surface area contributed by atoms with Crippen LogP contribution in [0.25, 0.3) is 0 Å². The molecule has 0 fully saturated rings. The van der Waals surface area contributed by atoms with E-state index in [-0.39, 0.29) is 5.91 Å². The number of nitrogens with two attached hydrogens (primary N) is 1. The summed E-state index contributed by atoms with van der Waals surface area (Å²) in [7, 11) is 0. The van der Waals surface area contributed by atoms with Gasteiger partial charge in [-0.3, -0.25) is 4.79 Å². The van der Waals surface area contributed by atoms with Crippen LogP contribution in [0.2, 0.25) is 0 Å². The van der Waals surface area contributed by atoms with E-state index in [1.165, 1.54) is 0 Å². The molecule has 5 N–H and O–H groups in total. The van der Waals surface area contributed by atoms with Gasteiger partial charge in [-0.05, 0) is 30.5 Å². The van der Waals surface area contributed by atoms with Crippen molar-refractivity contribution in [3.63, 3.8) is 0 Å². The van der Waals surface area contributed by atoms with Crippen molar-refractivity contribution in [2.75, 3.05) is 25.0 Å². The summed E-state index contributed by atoms with van der Waals surface area (Å²) in [6, 6.07) is 5.09. The molecule has 1 aromatic carbocycles. The fraction of sp³-hybridized carbons (Fsp3) is 0.385. The molecule has 0 aliphatic carbocycles. The van der Waals surface area contributed by atoms with Crippen molar-refractivity contribution in [3.8, 4) is 0 Å². The number of anilines is 1. The van der Waals surface area contributed by atoms with Crippen LogP contribution >= 0.6 is 0 Å². The quantitative estimate of drug-likeness (QED) is 0.593. The van der Waals surface area contributed by atoms with Gasteiger partial charge in [0, 0.05) is 30.9 Å². The molecule has 2 rings (SSSR count). The van der Waals surface area contributed by atoms with E-state index in [4.69, 9.17) is 5.73 Å². The van der Waals surface area contributed by atoms with Crippen molar-refractivity contribution in [1.82, 2.24) is 10.6 Å². The Morgan fingerprint density at radius 3 is 2.84 bits per heavy atom. The summed E-state index contributed by atoms with van der Waals surface area (Å²) in [6.07, 6.45) is 1.94. The van der Waals surface area contributed by atoms with Crippen LogP contribution < -0.4 is 21.7 Å². The number of fused-ring (bicyclic) bond motifs is 1. The molecule has 0 atom stereocenters. The zero-order valence-corrected chi connectivity index (χ0v) is 10.7. The second-order valence-electron chi connectivity index (χ2n) is 4.41. The van der Waals surface area contributed by atoms with E-state index in [1.54, 1.807) is 0 Å². The summed E-state index contributed by atoms with van der Waals surface area (Å²) in [5.41, 5.74) is 7.74. The van der Waals surface area contributed by atoms with Crippen LogP contribution in [0.5, 0.6) is 0 Å². The molecule has 102 valence electrons. The number of amides is 3. The Hall–Kier alpha value is -2.24. The molecule has 0 saturated heterocycles. The van der Waals surface area contributed by atoms with E-state index in [2.05, 4.69) is 16.0 Å². The Bertz CT molecular complexity index is 488. The van der Waals surface area contributed by atoms with Gasteiger partial charge in [0.05, 0.1) is 0 Å². The Morgan fingerprint density at radius 2 is 2.05 bits per heavy atom. The first-order chi connectivity index (χ1) is 9.18. The molecule has 0 saturated carbocycles. The van der Waals surface area contributed by atoms with Crippen molar-refractivity contribution in [3.05, 3.63) is 29.3 Å². The smallest absolute Gasteiger partial charge is 0.312 e. The average Bonchev–Trinajstić information content (AvgIpc) is 2.42. The summed E-state index contributed by atoms with van der Waals surface area (Å²) in [5, 5.41) is 8.48. The van der Waals surface area contributed by atoms with Crippen molar-refractivity contribution < 1.29 is 9.59 Å². The van der Waals surface area contributed by atoms with Gasteiger partial charge in [-0.2, -0.15) is 0 Å². The fourth-order valence-electron chi connectivity index (χ4n) is 2.18. The molecule has 1 heterocycles. The van der Waals surface area contributed by atoms with Gasteiger partial charge < -0.3 is 21.7 Å². The Balaban J connectivity index is 1.97. The van der Waals surface area contributed by atoms with Gasteiger partial charge >= 0.3 is 6.03 Å². The molecular weight excluding hydrogens is 244 g/mol. The molecular formula is C13H18N4O2. The Labute approximate surface area is 111 Å². The highest BCUT2D eigenvalue weighted by Crippen LogP contribution is 2.25. The van der Waals surface area contributed by atoms with Gasteiger partial charge in [-0.1, -0.05) is 6.07 Å². The van der Waals surface area contributed by atoms with E-state index in [1.807, 2.05) is 18.2 Å². The highest BCUT2D eigenvalue weighted by molar-refractivity contribution is 5.97. The number of carbonyl (C=O) groups excluding carboxylic acids is 2. The third-order valence-electron chi connectivity index (χ3n) is 3.05. The molecule has 0 unspecified atom stereocenters. The van der Waals surface area contributed by atoms with Crippen LogP contribution in [-0.2, 0) is 6.42 Å². The molecule has 0 bridgehead atoms. The summed E-state index contributed by atoms with van der Waals surface area (Å²) in [4.78, 5) is 22.6. The molecule has 1 aliphatic rings. The highest BCUT2D eigenvalue weighted by atomic mass is 16.2. The lowest BCUT2D eigenvalue weighted by Crippen LogP contribution is -2.37. The van der Waals surface area contributed by atoms with Crippen LogP contribution in [0.1, 0.15) is 22.3 Å². The first kappa shape index (κ1) is 13.2. The van der Waals surface area contributed by atoms with Gasteiger partial charge in [0.15, 0.2) is 0 Å². The summed E-state index contributed by atoms with van der Waals surface area (Å²) >= 11 is 0. The number of hydrogen-bond acceptors (Lipinski definition) is 3. The number of benzene rings is 1. The topological polar surface area (TPSA) is 96.2 Å². The number of nitrogens with one attached hydrogen (secondary N) is 3. The van der Waals surface area contributed by atoms with E-state index in [9.17, 15) is 9.59 Å². The predicted octanol–water partition coefficient (Wildman–Crippen LogP) is 0.443. The highest BCUT2D eigenvalue weighted by Gasteiger charge is 2.16. The third kappa shape index (κ3) is 3.37. The number of urea groups is 1. The van der Waals surface area contributed by atoms with Gasteiger partial charge in [-0.25, -0.2) is 4.79 Å². The first-order valence-corrected chi connectivity index (χ1v) is 6.36. The summed E-state index contributed by atoms with van der Waals surface area (Å²) < 4.78 is 0. The van der Waals surface area contributed by atoms with E-state index >= 15 is 0 Å². The average molecular weight is 262 g/mol. The minimum atomic E-state index is -0.587. The SMILES string of the molecule is NC(=O)NCCNC(=O)c1cccc2c1CCCN2. The largest absolute Gasteiger partial charge is 0.385 e. The number of rotatable bonds is 4. The Morgan fingerprint density at radius 1 is 1.26 bits per heavy atom. The molecule has 0 radical (unpaired) electrons. The van der Waals surface area contributed by atoms with Crippen LogP contribution in [0.4, 0.5) is 10.5 Å². The maximum Gasteiger partial charge on any atom is 0.312 e. The van der Waals surface area contributed by atoms with Crippen molar-refractivity contribution in [1.29, 1.82) is 0 Å². The van der Waals surface area contributed by atoms with Crippen LogP contribution in [-0.4, -0.2) is 31.6 Å². The maximum atomic E-state index is 12.1. The Kier molecular flexibility index (Phi) is 4.22.